The summed E-state index contributed by atoms with van der Waals surface area (Å²) in [4.78, 5) is 16.5. The molecule has 23 heavy (non-hydrogen) atoms. The van der Waals surface area contributed by atoms with Gasteiger partial charge in [0.15, 0.2) is 0 Å². The zero-order valence-electron chi connectivity index (χ0n) is 12.8. The summed E-state index contributed by atoms with van der Waals surface area (Å²) < 4.78 is 12.7. The van der Waals surface area contributed by atoms with Crippen molar-refractivity contribution in [2.24, 2.45) is 0 Å². The van der Waals surface area contributed by atoms with Crippen LogP contribution in [0, 0.1) is 0 Å². The molecular formula is C15H15BrN4O3. The van der Waals surface area contributed by atoms with Crippen molar-refractivity contribution in [2.45, 2.75) is 13.0 Å². The fraction of sp³-hybridized carbons (Fsp3) is 0.267. The number of allylic oxidation sites excluding steroid dienone is 1. The van der Waals surface area contributed by atoms with E-state index in [0.717, 1.165) is 10.0 Å². The number of esters is 1. The lowest BCUT2D eigenvalue weighted by molar-refractivity contribution is -0.136. The van der Waals surface area contributed by atoms with Crippen LogP contribution in [0.2, 0.25) is 0 Å². The number of nitrogens with zero attached hydrogens (tertiary/aromatic N) is 3. The van der Waals surface area contributed by atoms with Gasteiger partial charge in [0.1, 0.15) is 18.1 Å². The van der Waals surface area contributed by atoms with E-state index in [1.165, 1.54) is 13.4 Å². The average molecular weight is 379 g/mol. The first-order valence-corrected chi connectivity index (χ1v) is 7.65. The average Bonchev–Trinajstić information content (AvgIpc) is 3.00. The zero-order valence-corrected chi connectivity index (χ0v) is 14.4. The first-order chi connectivity index (χ1) is 11.1. The number of carbonyl (C=O) groups excluding carboxylic acids is 1. The lowest BCUT2D eigenvalue weighted by Crippen LogP contribution is -2.29. The van der Waals surface area contributed by atoms with Gasteiger partial charge in [-0.05, 0) is 40.5 Å². The normalized spacial score (nSPS) is 16.6. The van der Waals surface area contributed by atoms with Crippen LogP contribution in [0.15, 0.2) is 40.3 Å². The molecule has 1 N–H and O–H groups in total. The van der Waals surface area contributed by atoms with Crippen LogP contribution >= 0.6 is 15.9 Å². The molecule has 0 spiro atoms. The lowest BCUT2D eigenvalue weighted by Gasteiger charge is -2.28. The molecule has 1 atom stereocenters. The fourth-order valence-electron chi connectivity index (χ4n) is 2.63. The quantitative estimate of drug-likeness (QED) is 0.826. The Bertz CT molecular complexity index is 800. The van der Waals surface area contributed by atoms with E-state index in [4.69, 9.17) is 9.47 Å². The van der Waals surface area contributed by atoms with Crippen LogP contribution in [0.5, 0.6) is 5.75 Å². The van der Waals surface area contributed by atoms with Crippen LogP contribution < -0.4 is 10.1 Å². The lowest BCUT2D eigenvalue weighted by atomic mass is 9.96. The van der Waals surface area contributed by atoms with Gasteiger partial charge in [0.05, 0.1) is 24.3 Å². The number of ether oxygens (including phenoxy) is 2. The predicted octanol–water partition coefficient (Wildman–Crippen LogP) is 2.51. The van der Waals surface area contributed by atoms with Gasteiger partial charge in [-0.1, -0.05) is 6.07 Å². The number of benzene rings is 1. The number of halogens is 1. The highest BCUT2D eigenvalue weighted by Gasteiger charge is 2.34. The molecule has 0 fully saturated rings. The zero-order chi connectivity index (χ0) is 16.6. The third-order valence-electron chi connectivity index (χ3n) is 3.69. The van der Waals surface area contributed by atoms with Gasteiger partial charge in [-0.15, -0.1) is 0 Å². The Morgan fingerprint density at radius 3 is 2.83 bits per heavy atom. The molecule has 0 amide bonds. The van der Waals surface area contributed by atoms with E-state index in [2.05, 4.69) is 31.3 Å². The Hall–Kier alpha value is -2.35. The van der Waals surface area contributed by atoms with Crippen molar-refractivity contribution in [1.82, 2.24) is 14.8 Å². The Kier molecular flexibility index (Phi) is 4.08. The monoisotopic (exact) mass is 378 g/mol. The standard InChI is InChI=1S/C15H15BrN4O3/c1-8-12(14(21)23-3)13(20-15(19-8)17-7-18-20)9-4-5-11(22-2)10(16)6-9/h4-7,13H,1-3H3,(H,17,18,19). The van der Waals surface area contributed by atoms with Gasteiger partial charge in [-0.25, -0.2) is 9.48 Å². The van der Waals surface area contributed by atoms with Gasteiger partial charge < -0.3 is 14.8 Å². The second-order valence-electron chi connectivity index (χ2n) is 4.98. The van der Waals surface area contributed by atoms with Gasteiger partial charge in [0, 0.05) is 5.70 Å². The van der Waals surface area contributed by atoms with Crippen molar-refractivity contribution in [3.8, 4) is 5.75 Å². The number of rotatable bonds is 3. The Labute approximate surface area is 141 Å². The van der Waals surface area contributed by atoms with Crippen LogP contribution in [0.3, 0.4) is 0 Å². The Morgan fingerprint density at radius 1 is 1.39 bits per heavy atom. The van der Waals surface area contributed by atoms with E-state index < -0.39 is 12.0 Å². The minimum Gasteiger partial charge on any atom is -0.496 e. The number of nitrogens with one attached hydrogen (secondary N) is 1. The van der Waals surface area contributed by atoms with E-state index in [1.807, 2.05) is 25.1 Å². The molecule has 1 aromatic heterocycles. The van der Waals surface area contributed by atoms with Crippen LogP contribution in [0.1, 0.15) is 18.5 Å². The number of hydrogen-bond acceptors (Lipinski definition) is 6. The number of methoxy groups -OCH3 is 2. The maximum atomic E-state index is 12.3. The van der Waals surface area contributed by atoms with Crippen molar-refractivity contribution in [2.75, 3.05) is 19.5 Å². The highest BCUT2D eigenvalue weighted by molar-refractivity contribution is 9.10. The van der Waals surface area contributed by atoms with E-state index in [-0.39, 0.29) is 0 Å². The number of aromatic nitrogens is 3. The number of fused-ring (bicyclic) bond motifs is 1. The molecule has 0 radical (unpaired) electrons. The summed E-state index contributed by atoms with van der Waals surface area (Å²) >= 11 is 3.48. The topological polar surface area (TPSA) is 78.3 Å². The van der Waals surface area contributed by atoms with Crippen molar-refractivity contribution >= 4 is 27.8 Å². The van der Waals surface area contributed by atoms with E-state index in [0.29, 0.717) is 23.0 Å². The van der Waals surface area contributed by atoms with Crippen molar-refractivity contribution < 1.29 is 14.3 Å². The summed E-state index contributed by atoms with van der Waals surface area (Å²) in [5.74, 6) is 0.877. The molecule has 1 unspecified atom stereocenters. The summed E-state index contributed by atoms with van der Waals surface area (Å²) in [5.41, 5.74) is 2.04. The predicted molar refractivity (Wildman–Crippen MR) is 87.2 cm³/mol. The Balaban J connectivity index is 2.17. The first-order valence-electron chi connectivity index (χ1n) is 6.86. The molecule has 0 saturated heterocycles. The molecule has 7 nitrogen and oxygen atoms in total. The number of carbonyl (C=O) groups is 1. The van der Waals surface area contributed by atoms with Crippen LogP contribution in [-0.4, -0.2) is 35.0 Å². The molecule has 1 aliphatic heterocycles. The van der Waals surface area contributed by atoms with Crippen molar-refractivity contribution in [1.29, 1.82) is 0 Å². The van der Waals surface area contributed by atoms with E-state index in [1.54, 1.807) is 11.8 Å². The molecule has 0 aliphatic carbocycles. The summed E-state index contributed by atoms with van der Waals surface area (Å²) in [6.07, 6.45) is 1.45. The van der Waals surface area contributed by atoms with Crippen molar-refractivity contribution in [3.63, 3.8) is 0 Å². The second kappa shape index (κ2) is 6.04. The van der Waals surface area contributed by atoms with E-state index in [9.17, 15) is 4.79 Å². The third kappa shape index (κ3) is 2.59. The minimum absolute atomic E-state index is 0.409. The van der Waals surface area contributed by atoms with Gasteiger partial charge in [-0.3, -0.25) is 0 Å². The molecule has 8 heteroatoms. The summed E-state index contributed by atoms with van der Waals surface area (Å²) in [6.45, 7) is 1.82. The van der Waals surface area contributed by atoms with Gasteiger partial charge in [0.25, 0.3) is 0 Å². The molecule has 3 rings (SSSR count). The first kappa shape index (κ1) is 15.5. The maximum Gasteiger partial charge on any atom is 0.338 e. The molecule has 1 aromatic carbocycles. The Morgan fingerprint density at radius 2 is 2.17 bits per heavy atom. The van der Waals surface area contributed by atoms with Crippen LogP contribution in [0.4, 0.5) is 5.95 Å². The number of anilines is 1. The summed E-state index contributed by atoms with van der Waals surface area (Å²) in [6, 6.07) is 5.20. The molecule has 2 heterocycles. The third-order valence-corrected chi connectivity index (χ3v) is 4.31. The molecule has 0 bridgehead atoms. The molecule has 0 saturated carbocycles. The van der Waals surface area contributed by atoms with Gasteiger partial charge in [-0.2, -0.15) is 10.1 Å². The highest BCUT2D eigenvalue weighted by atomic mass is 79.9. The molecule has 2 aromatic rings. The van der Waals surface area contributed by atoms with Crippen molar-refractivity contribution in [3.05, 3.63) is 45.8 Å². The van der Waals surface area contributed by atoms with Crippen LogP contribution in [-0.2, 0) is 9.53 Å². The molecular weight excluding hydrogens is 364 g/mol. The van der Waals surface area contributed by atoms with Crippen LogP contribution in [0.25, 0.3) is 0 Å². The van der Waals surface area contributed by atoms with Gasteiger partial charge >= 0.3 is 5.97 Å². The van der Waals surface area contributed by atoms with Gasteiger partial charge in [0.2, 0.25) is 5.95 Å². The smallest absolute Gasteiger partial charge is 0.338 e. The highest BCUT2D eigenvalue weighted by Crippen LogP contribution is 2.37. The minimum atomic E-state index is -0.427. The SMILES string of the molecule is COC(=O)C1=C(C)Nc2ncnn2C1c1ccc(OC)c(Br)c1. The molecule has 1 aliphatic rings. The van der Waals surface area contributed by atoms with E-state index >= 15 is 0 Å². The fourth-order valence-corrected chi connectivity index (χ4v) is 3.18. The maximum absolute atomic E-state index is 12.3. The number of hydrogen-bond donors (Lipinski definition) is 1. The molecule has 120 valence electrons. The summed E-state index contributed by atoms with van der Waals surface area (Å²) in [7, 11) is 2.96. The largest absolute Gasteiger partial charge is 0.496 e. The summed E-state index contributed by atoms with van der Waals surface area (Å²) in [5, 5.41) is 7.32. The second-order valence-corrected chi connectivity index (χ2v) is 5.83.